The number of methoxy groups -OCH3 is 1. The molecule has 0 radical (unpaired) electrons. The topological polar surface area (TPSA) is 66.8 Å². The molecule has 3 rings (SSSR count). The molecule has 1 amide bonds. The molecule has 5 heteroatoms. The Bertz CT molecular complexity index is 927. The van der Waals surface area contributed by atoms with Crippen LogP contribution in [-0.4, -0.2) is 29.0 Å². The molecule has 0 bridgehead atoms. The lowest BCUT2D eigenvalue weighted by atomic mass is 10.0. The van der Waals surface area contributed by atoms with Crippen molar-refractivity contribution in [2.75, 3.05) is 7.11 Å². The van der Waals surface area contributed by atoms with E-state index < -0.39 is 5.97 Å². The molecule has 0 saturated heterocycles. The number of aromatic hydroxyl groups is 1. The lowest BCUT2D eigenvalue weighted by Gasteiger charge is -2.26. The smallest absolute Gasteiger partial charge is 0.340 e. The van der Waals surface area contributed by atoms with Crippen molar-refractivity contribution in [1.29, 1.82) is 0 Å². The minimum absolute atomic E-state index is 0.133. The molecule has 1 unspecified atom stereocenters. The highest BCUT2D eigenvalue weighted by molar-refractivity contribution is 6.16. The van der Waals surface area contributed by atoms with Crippen LogP contribution in [0, 0.1) is 0 Å². The van der Waals surface area contributed by atoms with Crippen molar-refractivity contribution >= 4 is 18.0 Å². The Morgan fingerprint density at radius 3 is 2.33 bits per heavy atom. The number of phenols is 1. The van der Waals surface area contributed by atoms with E-state index in [1.807, 2.05) is 37.3 Å². The fraction of sp³-hybridized carbons (Fsp3) is 0.182. The molecule has 5 nitrogen and oxygen atoms in total. The number of hydrogen-bond acceptors (Lipinski definition) is 4. The molecule has 0 aliphatic carbocycles. The van der Waals surface area contributed by atoms with Gasteiger partial charge in [0.25, 0.3) is 5.91 Å². The molecule has 0 spiro atoms. The molecule has 27 heavy (non-hydrogen) atoms. The number of allylic oxidation sites excluding steroid dienone is 1. The van der Waals surface area contributed by atoms with Gasteiger partial charge in [-0.05, 0) is 43.2 Å². The second-order valence-electron chi connectivity index (χ2n) is 6.36. The van der Waals surface area contributed by atoms with Crippen molar-refractivity contribution in [3.63, 3.8) is 0 Å². The molecule has 138 valence electrons. The fourth-order valence-corrected chi connectivity index (χ4v) is 3.28. The first-order valence-corrected chi connectivity index (χ1v) is 8.63. The molecule has 2 aromatic carbocycles. The third-order valence-electron chi connectivity index (χ3n) is 4.70. The summed E-state index contributed by atoms with van der Waals surface area (Å²) in [7, 11) is 1.30. The highest BCUT2D eigenvalue weighted by Crippen LogP contribution is 2.37. The first-order valence-electron chi connectivity index (χ1n) is 8.63. The summed E-state index contributed by atoms with van der Waals surface area (Å²) in [6.07, 6.45) is 1.65. The normalized spacial score (nSPS) is 16.8. The van der Waals surface area contributed by atoms with Gasteiger partial charge in [-0.2, -0.15) is 0 Å². The molecular formula is C22H21NO4. The SMILES string of the molecule is COC(=O)C1=C(C)N(C(C)c2ccccc2)C(=O)C1=Cc1ccc(O)cc1. The molecule has 1 aliphatic heterocycles. The monoisotopic (exact) mass is 363 g/mol. The summed E-state index contributed by atoms with van der Waals surface area (Å²) in [5.74, 6) is -0.667. The number of nitrogens with zero attached hydrogens (tertiary/aromatic N) is 1. The van der Waals surface area contributed by atoms with Crippen molar-refractivity contribution in [1.82, 2.24) is 4.90 Å². The van der Waals surface area contributed by atoms with Crippen LogP contribution >= 0.6 is 0 Å². The van der Waals surface area contributed by atoms with E-state index in [9.17, 15) is 14.7 Å². The van der Waals surface area contributed by atoms with E-state index in [4.69, 9.17) is 4.74 Å². The number of hydrogen-bond donors (Lipinski definition) is 1. The van der Waals surface area contributed by atoms with E-state index in [-0.39, 0.29) is 28.8 Å². The van der Waals surface area contributed by atoms with Gasteiger partial charge in [0.15, 0.2) is 0 Å². The van der Waals surface area contributed by atoms with Gasteiger partial charge in [0.1, 0.15) is 5.75 Å². The fourth-order valence-electron chi connectivity index (χ4n) is 3.28. The molecular weight excluding hydrogens is 342 g/mol. The van der Waals surface area contributed by atoms with Crippen LogP contribution in [0.4, 0.5) is 0 Å². The van der Waals surface area contributed by atoms with Crippen LogP contribution in [0.2, 0.25) is 0 Å². The lowest BCUT2D eigenvalue weighted by Crippen LogP contribution is -2.28. The minimum atomic E-state index is -0.548. The largest absolute Gasteiger partial charge is 0.508 e. The van der Waals surface area contributed by atoms with Gasteiger partial charge in [0.2, 0.25) is 0 Å². The first kappa shape index (κ1) is 18.5. The Morgan fingerprint density at radius 1 is 1.11 bits per heavy atom. The zero-order chi connectivity index (χ0) is 19.6. The van der Waals surface area contributed by atoms with Gasteiger partial charge in [-0.3, -0.25) is 4.79 Å². The highest BCUT2D eigenvalue weighted by Gasteiger charge is 2.39. The van der Waals surface area contributed by atoms with Gasteiger partial charge in [0.05, 0.1) is 24.3 Å². The van der Waals surface area contributed by atoms with E-state index in [2.05, 4.69) is 0 Å². The average Bonchev–Trinajstić information content (AvgIpc) is 2.93. The van der Waals surface area contributed by atoms with E-state index >= 15 is 0 Å². The lowest BCUT2D eigenvalue weighted by molar-refractivity contribution is -0.136. The maximum atomic E-state index is 13.2. The van der Waals surface area contributed by atoms with Crippen molar-refractivity contribution in [2.24, 2.45) is 0 Å². The molecule has 1 heterocycles. The molecule has 2 aromatic rings. The van der Waals surface area contributed by atoms with Crippen molar-refractivity contribution in [3.8, 4) is 5.75 Å². The van der Waals surface area contributed by atoms with Gasteiger partial charge in [-0.1, -0.05) is 42.5 Å². The summed E-state index contributed by atoms with van der Waals surface area (Å²) in [6, 6.07) is 15.8. The highest BCUT2D eigenvalue weighted by atomic mass is 16.5. The Kier molecular flexibility index (Phi) is 5.12. The number of ether oxygens (including phenoxy) is 1. The standard InChI is InChI=1S/C22H21NO4/c1-14(17-7-5-4-6-8-17)23-15(2)20(22(26)27-3)19(21(23)25)13-16-9-11-18(24)12-10-16/h4-14,24H,1-3H3. The average molecular weight is 363 g/mol. The summed E-state index contributed by atoms with van der Waals surface area (Å²) in [4.78, 5) is 27.2. The van der Waals surface area contributed by atoms with Crippen LogP contribution in [0.1, 0.15) is 31.0 Å². The maximum absolute atomic E-state index is 13.2. The summed E-state index contributed by atoms with van der Waals surface area (Å²) >= 11 is 0. The molecule has 0 saturated carbocycles. The number of carbonyl (C=O) groups is 2. The van der Waals surface area contributed by atoms with E-state index in [1.165, 1.54) is 19.2 Å². The Hall–Kier alpha value is -3.34. The molecule has 0 fully saturated rings. The summed E-state index contributed by atoms with van der Waals surface area (Å²) in [6.45, 7) is 3.68. The first-order chi connectivity index (χ1) is 12.9. The third kappa shape index (κ3) is 3.49. The van der Waals surface area contributed by atoms with Crippen molar-refractivity contribution in [3.05, 3.63) is 82.6 Å². The quantitative estimate of drug-likeness (QED) is 0.662. The predicted molar refractivity (Wildman–Crippen MR) is 103 cm³/mol. The van der Waals surface area contributed by atoms with Gasteiger partial charge < -0.3 is 14.7 Å². The number of carbonyl (C=O) groups excluding carboxylic acids is 2. The summed E-state index contributed by atoms with van der Waals surface area (Å²) < 4.78 is 4.92. The van der Waals surface area contributed by atoms with Crippen LogP contribution in [0.3, 0.4) is 0 Å². The summed E-state index contributed by atoms with van der Waals surface area (Å²) in [5, 5.41) is 9.45. The van der Waals surface area contributed by atoms with Crippen LogP contribution < -0.4 is 0 Å². The number of phenolic OH excluding ortho intramolecular Hbond substituents is 1. The molecule has 1 N–H and O–H groups in total. The minimum Gasteiger partial charge on any atom is -0.508 e. The number of rotatable bonds is 4. The predicted octanol–water partition coefficient (Wildman–Crippen LogP) is 3.83. The number of amides is 1. The molecule has 0 aromatic heterocycles. The van der Waals surface area contributed by atoms with Gasteiger partial charge in [-0.25, -0.2) is 4.79 Å². The van der Waals surface area contributed by atoms with Crippen molar-refractivity contribution < 1.29 is 19.4 Å². The van der Waals surface area contributed by atoms with E-state index in [1.54, 1.807) is 30.0 Å². The number of esters is 1. The van der Waals surface area contributed by atoms with Crippen molar-refractivity contribution in [2.45, 2.75) is 19.9 Å². The van der Waals surface area contributed by atoms with Gasteiger partial charge in [0, 0.05) is 5.70 Å². The Labute approximate surface area is 158 Å². The van der Waals surface area contributed by atoms with Gasteiger partial charge in [-0.15, -0.1) is 0 Å². The van der Waals surface area contributed by atoms with Gasteiger partial charge >= 0.3 is 5.97 Å². The third-order valence-corrected chi connectivity index (χ3v) is 4.70. The Morgan fingerprint density at radius 2 is 1.74 bits per heavy atom. The second kappa shape index (κ2) is 7.50. The van der Waals surface area contributed by atoms with E-state index in [0.717, 1.165) is 5.56 Å². The zero-order valence-electron chi connectivity index (χ0n) is 15.5. The Balaban J connectivity index is 2.08. The van der Waals surface area contributed by atoms with Crippen LogP contribution in [-0.2, 0) is 14.3 Å². The number of benzene rings is 2. The van der Waals surface area contributed by atoms with E-state index in [0.29, 0.717) is 11.3 Å². The van der Waals surface area contributed by atoms with Crippen LogP contribution in [0.25, 0.3) is 6.08 Å². The molecule has 1 aliphatic rings. The van der Waals surface area contributed by atoms with Crippen LogP contribution in [0.5, 0.6) is 5.75 Å². The second-order valence-corrected chi connectivity index (χ2v) is 6.36. The summed E-state index contributed by atoms with van der Waals surface area (Å²) in [5.41, 5.74) is 2.79. The molecule has 1 atom stereocenters. The maximum Gasteiger partial charge on any atom is 0.340 e. The zero-order valence-corrected chi connectivity index (χ0v) is 15.5. The van der Waals surface area contributed by atoms with Crippen LogP contribution in [0.15, 0.2) is 71.4 Å².